The van der Waals surface area contributed by atoms with E-state index >= 15 is 0 Å². The van der Waals surface area contributed by atoms with Crippen molar-refractivity contribution in [2.75, 3.05) is 0 Å². The maximum atomic E-state index is 11.0. The van der Waals surface area contributed by atoms with Crippen LogP contribution in [-0.4, -0.2) is 25.9 Å². The van der Waals surface area contributed by atoms with Crippen LogP contribution in [0.25, 0.3) is 6.08 Å². The van der Waals surface area contributed by atoms with Gasteiger partial charge in [-0.1, -0.05) is 18.7 Å². The van der Waals surface area contributed by atoms with Crippen LogP contribution in [0, 0.1) is 6.92 Å². The normalized spacial score (nSPS) is 11.1. The molecule has 0 radical (unpaired) electrons. The summed E-state index contributed by atoms with van der Waals surface area (Å²) in [7, 11) is -9.75. The fourth-order valence-corrected chi connectivity index (χ4v) is 3.11. The van der Waals surface area contributed by atoms with E-state index in [9.17, 15) is 25.9 Å². The summed E-state index contributed by atoms with van der Waals surface area (Å²) in [6.07, 6.45) is 0.864. The Kier molecular flexibility index (Phi) is 8.94. The quantitative estimate of drug-likeness (QED) is 0.405. The van der Waals surface area contributed by atoms with Crippen LogP contribution in [0.1, 0.15) is 11.1 Å². The predicted molar refractivity (Wildman–Crippen MR) is 57.2 cm³/mol. The second-order valence-corrected chi connectivity index (χ2v) is 5.90. The van der Waals surface area contributed by atoms with E-state index in [1.807, 2.05) is 0 Å². The minimum absolute atomic E-state index is 0. The van der Waals surface area contributed by atoms with E-state index in [1.54, 1.807) is 0 Å². The van der Waals surface area contributed by atoms with Crippen molar-refractivity contribution in [2.45, 2.75) is 16.7 Å². The summed E-state index contributed by atoms with van der Waals surface area (Å²) in [5.74, 6) is 0. The van der Waals surface area contributed by atoms with Gasteiger partial charge in [0.25, 0.3) is 0 Å². The summed E-state index contributed by atoms with van der Waals surface area (Å²) in [5.41, 5.74) is -0.419. The molecule has 1 aromatic carbocycles. The Labute approximate surface area is 156 Å². The molecule has 94 valence electrons. The average molecular weight is 322 g/mol. The molecule has 0 N–H and O–H groups in total. The number of hydrogen-bond acceptors (Lipinski definition) is 6. The Bertz CT molecular complexity index is 679. The zero-order valence-corrected chi connectivity index (χ0v) is 16.3. The van der Waals surface area contributed by atoms with E-state index in [1.165, 1.54) is 6.92 Å². The largest absolute Gasteiger partial charge is 1.00 e. The van der Waals surface area contributed by atoms with Gasteiger partial charge in [0.05, 0.1) is 9.79 Å². The minimum Gasteiger partial charge on any atom is -0.744 e. The molecule has 6 nitrogen and oxygen atoms in total. The standard InChI is InChI=1S/C9H10O6S2.2Na/c1-3-7-8(16(10,11)12)5-4-6(2)9(7)17(13,14)15;;/h3-5H,1H2,2H3,(H,10,11,12)(H,13,14,15);;/q;2*+1/p-2. The van der Waals surface area contributed by atoms with Crippen molar-refractivity contribution in [1.29, 1.82) is 0 Å². The van der Waals surface area contributed by atoms with Crippen LogP contribution in [0.15, 0.2) is 28.5 Å². The van der Waals surface area contributed by atoms with Crippen molar-refractivity contribution >= 4 is 26.3 Å². The maximum Gasteiger partial charge on any atom is 1.00 e. The summed E-state index contributed by atoms with van der Waals surface area (Å²) in [5, 5.41) is 0. The van der Waals surface area contributed by atoms with Crippen molar-refractivity contribution in [3.05, 3.63) is 29.8 Å². The summed E-state index contributed by atoms with van der Waals surface area (Å²) < 4.78 is 65.7. The van der Waals surface area contributed by atoms with Gasteiger partial charge in [-0.15, -0.1) is 0 Å². The topological polar surface area (TPSA) is 114 Å². The van der Waals surface area contributed by atoms with Gasteiger partial charge in [0.1, 0.15) is 20.2 Å². The molecule has 0 heterocycles. The molecule has 0 aliphatic heterocycles. The van der Waals surface area contributed by atoms with E-state index in [0.717, 1.165) is 18.2 Å². The maximum absolute atomic E-state index is 11.0. The molecule has 0 bridgehead atoms. The van der Waals surface area contributed by atoms with E-state index in [4.69, 9.17) is 0 Å². The van der Waals surface area contributed by atoms with E-state index in [-0.39, 0.29) is 64.7 Å². The average Bonchev–Trinajstić information content (AvgIpc) is 2.12. The van der Waals surface area contributed by atoms with Gasteiger partial charge in [-0.25, -0.2) is 16.8 Å². The first-order valence-corrected chi connectivity index (χ1v) is 7.08. The molecule has 1 aromatic rings. The van der Waals surface area contributed by atoms with Crippen LogP contribution in [0.4, 0.5) is 0 Å². The molecule has 0 saturated heterocycles. The monoisotopic (exact) mass is 322 g/mol. The zero-order valence-electron chi connectivity index (χ0n) is 10.7. The Balaban J connectivity index is 0. The van der Waals surface area contributed by atoms with Gasteiger partial charge in [0.2, 0.25) is 0 Å². The molecule has 0 aromatic heterocycles. The van der Waals surface area contributed by atoms with Crippen molar-refractivity contribution in [3.63, 3.8) is 0 Å². The molecule has 0 fully saturated rings. The molecule has 0 saturated carbocycles. The Morgan fingerprint density at radius 3 is 1.84 bits per heavy atom. The Hall–Kier alpha value is 0.780. The van der Waals surface area contributed by atoms with E-state index < -0.39 is 35.6 Å². The summed E-state index contributed by atoms with van der Waals surface area (Å²) >= 11 is 0. The first-order chi connectivity index (χ1) is 7.59. The fraction of sp³-hybridized carbons (Fsp3) is 0.111. The summed E-state index contributed by atoms with van der Waals surface area (Å²) in [6, 6.07) is 2.03. The first kappa shape index (κ1) is 22.1. The minimum atomic E-state index is -4.88. The summed E-state index contributed by atoms with van der Waals surface area (Å²) in [6.45, 7) is 4.53. The van der Waals surface area contributed by atoms with Crippen LogP contribution in [-0.2, 0) is 20.2 Å². The fourth-order valence-electron chi connectivity index (χ4n) is 1.43. The van der Waals surface area contributed by atoms with Crippen LogP contribution in [0.3, 0.4) is 0 Å². The number of benzene rings is 1. The molecule has 0 amide bonds. The van der Waals surface area contributed by atoms with Crippen LogP contribution >= 0.6 is 0 Å². The van der Waals surface area contributed by atoms with Crippen molar-refractivity contribution in [3.8, 4) is 0 Å². The number of rotatable bonds is 3. The van der Waals surface area contributed by atoms with Gasteiger partial charge in [-0.05, 0) is 18.6 Å². The van der Waals surface area contributed by atoms with Crippen LogP contribution < -0.4 is 59.1 Å². The van der Waals surface area contributed by atoms with Crippen LogP contribution in [0.2, 0.25) is 0 Å². The van der Waals surface area contributed by atoms with Gasteiger partial charge in [0, 0.05) is 5.56 Å². The molecule has 0 aliphatic carbocycles. The third-order valence-corrected chi connectivity index (χ3v) is 4.01. The van der Waals surface area contributed by atoms with Gasteiger partial charge < -0.3 is 9.11 Å². The second-order valence-electron chi connectivity index (χ2n) is 3.24. The molecule has 0 unspecified atom stereocenters. The van der Waals surface area contributed by atoms with Crippen molar-refractivity contribution in [2.24, 2.45) is 0 Å². The molecular weight excluding hydrogens is 314 g/mol. The van der Waals surface area contributed by atoms with E-state index in [2.05, 4.69) is 6.58 Å². The molecule has 0 aliphatic rings. The van der Waals surface area contributed by atoms with E-state index in [0.29, 0.717) is 0 Å². The number of aryl methyl sites for hydroxylation is 1. The first-order valence-electron chi connectivity index (χ1n) is 4.27. The van der Waals surface area contributed by atoms with Crippen molar-refractivity contribution in [1.82, 2.24) is 0 Å². The SMILES string of the molecule is C=Cc1c(S(=O)(=O)[O-])ccc(C)c1S(=O)(=O)[O-].[Na+].[Na+]. The second kappa shape index (κ2) is 7.69. The number of hydrogen-bond donors (Lipinski definition) is 0. The summed E-state index contributed by atoms with van der Waals surface area (Å²) in [4.78, 5) is -1.50. The zero-order chi connectivity index (χ0) is 13.4. The third kappa shape index (κ3) is 5.24. The molecule has 0 spiro atoms. The third-order valence-electron chi connectivity index (χ3n) is 2.08. The van der Waals surface area contributed by atoms with Gasteiger partial charge in [-0.3, -0.25) is 0 Å². The predicted octanol–water partition coefficient (Wildman–Crippen LogP) is -5.55. The van der Waals surface area contributed by atoms with Gasteiger partial charge in [-0.2, -0.15) is 0 Å². The van der Waals surface area contributed by atoms with Crippen molar-refractivity contribution < 1.29 is 85.1 Å². The Morgan fingerprint density at radius 1 is 1.05 bits per heavy atom. The molecular formula is C9H8Na2O6S2. The van der Waals surface area contributed by atoms with Gasteiger partial charge in [0.15, 0.2) is 0 Å². The molecule has 0 atom stereocenters. The van der Waals surface area contributed by atoms with Crippen LogP contribution in [0.5, 0.6) is 0 Å². The smallest absolute Gasteiger partial charge is 0.744 e. The molecule has 19 heavy (non-hydrogen) atoms. The van der Waals surface area contributed by atoms with Gasteiger partial charge >= 0.3 is 59.1 Å². The molecule has 1 rings (SSSR count). The molecule has 10 heteroatoms. The Morgan fingerprint density at radius 2 is 1.53 bits per heavy atom.